The van der Waals surface area contributed by atoms with Gasteiger partial charge in [-0.3, -0.25) is 4.99 Å². The van der Waals surface area contributed by atoms with Crippen LogP contribution in [0.25, 0.3) is 0 Å². The number of sulfonamides is 1. The van der Waals surface area contributed by atoms with E-state index in [1.54, 1.807) is 12.3 Å². The van der Waals surface area contributed by atoms with Crippen LogP contribution < -0.4 is 4.90 Å². The minimum Gasteiger partial charge on any atom is -0.379 e. The second-order valence-electron chi connectivity index (χ2n) is 8.16. The molecule has 0 atom stereocenters. The topological polar surface area (TPSA) is 62.2 Å². The third kappa shape index (κ3) is 4.03. The first-order valence-corrected chi connectivity index (χ1v) is 12.0. The molecule has 0 aromatic heterocycles. The molecule has 0 radical (unpaired) electrons. The maximum absolute atomic E-state index is 12.9. The Labute approximate surface area is 188 Å². The number of hydrogen-bond acceptors (Lipinski definition) is 5. The van der Waals surface area contributed by atoms with Crippen LogP contribution in [0, 0.1) is 0 Å². The number of rotatable bonds is 4. The van der Waals surface area contributed by atoms with Crippen molar-refractivity contribution in [2.24, 2.45) is 4.99 Å². The Morgan fingerprint density at radius 2 is 1.84 bits per heavy atom. The Morgan fingerprint density at radius 3 is 2.55 bits per heavy atom. The molecule has 2 aliphatic heterocycles. The van der Waals surface area contributed by atoms with Crippen molar-refractivity contribution in [1.29, 1.82) is 0 Å². The standard InChI is InChI=1S/C23H26ClN3O3S/c1-23(2)18-6-4-5-7-21(18)26(3)22(23)10-11-25-20-16-17(8-9-19(20)24)31(28,29)27-12-14-30-15-13-27/h4-11,16H,12-15H2,1-3H3. The maximum atomic E-state index is 12.9. The van der Waals surface area contributed by atoms with Crippen molar-refractivity contribution in [3.8, 4) is 0 Å². The molecule has 6 nitrogen and oxygen atoms in total. The lowest BCUT2D eigenvalue weighted by Crippen LogP contribution is -2.40. The van der Waals surface area contributed by atoms with E-state index in [0.29, 0.717) is 37.0 Å². The smallest absolute Gasteiger partial charge is 0.243 e. The zero-order valence-electron chi connectivity index (χ0n) is 17.9. The number of anilines is 1. The monoisotopic (exact) mass is 459 g/mol. The van der Waals surface area contributed by atoms with Crippen molar-refractivity contribution in [2.45, 2.75) is 24.2 Å². The molecular weight excluding hydrogens is 434 g/mol. The van der Waals surface area contributed by atoms with Gasteiger partial charge < -0.3 is 9.64 Å². The predicted molar refractivity (Wildman–Crippen MR) is 125 cm³/mol. The first-order valence-electron chi connectivity index (χ1n) is 10.2. The molecule has 0 unspecified atom stereocenters. The number of likely N-dealkylation sites (N-methyl/N-ethyl adjacent to an activating group) is 1. The van der Waals surface area contributed by atoms with Crippen molar-refractivity contribution in [3.05, 3.63) is 64.8 Å². The Bertz CT molecular complexity index is 1150. The molecule has 1 fully saturated rings. The number of morpholine rings is 1. The van der Waals surface area contributed by atoms with E-state index in [0.717, 1.165) is 5.70 Å². The molecule has 0 aliphatic carbocycles. The molecule has 0 saturated carbocycles. The van der Waals surface area contributed by atoms with Crippen LogP contribution in [0.4, 0.5) is 11.4 Å². The molecule has 2 aromatic rings. The lowest BCUT2D eigenvalue weighted by atomic mass is 9.84. The second kappa shape index (κ2) is 8.39. The summed E-state index contributed by atoms with van der Waals surface area (Å²) in [6.07, 6.45) is 3.64. The number of allylic oxidation sites excluding steroid dienone is 2. The number of benzene rings is 2. The van der Waals surface area contributed by atoms with Crippen LogP contribution in [-0.2, 0) is 20.2 Å². The van der Waals surface area contributed by atoms with E-state index >= 15 is 0 Å². The molecule has 4 rings (SSSR count). The van der Waals surface area contributed by atoms with Crippen LogP contribution in [0.1, 0.15) is 19.4 Å². The molecular formula is C23H26ClN3O3S. The minimum absolute atomic E-state index is 0.164. The van der Waals surface area contributed by atoms with Crippen molar-refractivity contribution in [3.63, 3.8) is 0 Å². The number of aliphatic imine (C=N–C) groups is 1. The van der Waals surface area contributed by atoms with Crippen molar-refractivity contribution < 1.29 is 13.2 Å². The van der Waals surface area contributed by atoms with E-state index in [9.17, 15) is 8.42 Å². The van der Waals surface area contributed by atoms with Crippen molar-refractivity contribution in [1.82, 2.24) is 4.31 Å². The van der Waals surface area contributed by atoms with E-state index in [2.05, 4.69) is 35.9 Å². The molecule has 0 spiro atoms. The van der Waals surface area contributed by atoms with Crippen LogP contribution in [0.5, 0.6) is 0 Å². The Hall–Kier alpha value is -2.19. The summed E-state index contributed by atoms with van der Waals surface area (Å²) in [6, 6.07) is 13.0. The number of hydrogen-bond donors (Lipinski definition) is 0. The summed E-state index contributed by atoms with van der Waals surface area (Å²) >= 11 is 6.31. The normalized spacial score (nSPS) is 20.5. The number of fused-ring (bicyclic) bond motifs is 1. The van der Waals surface area contributed by atoms with E-state index in [1.165, 1.54) is 27.7 Å². The summed E-state index contributed by atoms with van der Waals surface area (Å²) in [4.78, 5) is 6.82. The van der Waals surface area contributed by atoms with Gasteiger partial charge in [-0.05, 0) is 35.9 Å². The third-order valence-corrected chi connectivity index (χ3v) is 8.13. The predicted octanol–water partition coefficient (Wildman–Crippen LogP) is 4.37. The highest BCUT2D eigenvalue weighted by Gasteiger charge is 2.37. The first kappa shape index (κ1) is 22.0. The third-order valence-electron chi connectivity index (χ3n) is 5.91. The zero-order valence-corrected chi connectivity index (χ0v) is 19.4. The number of halogens is 1. The van der Waals surface area contributed by atoms with E-state index < -0.39 is 10.0 Å². The summed E-state index contributed by atoms with van der Waals surface area (Å²) in [7, 11) is -1.57. The molecule has 0 bridgehead atoms. The Balaban J connectivity index is 1.62. The highest BCUT2D eigenvalue weighted by Crippen LogP contribution is 2.46. The quantitative estimate of drug-likeness (QED) is 0.637. The molecule has 31 heavy (non-hydrogen) atoms. The van der Waals surface area contributed by atoms with Gasteiger partial charge in [0.25, 0.3) is 0 Å². The average Bonchev–Trinajstić information content (AvgIpc) is 2.96. The van der Waals surface area contributed by atoms with Gasteiger partial charge in [-0.25, -0.2) is 8.42 Å². The van der Waals surface area contributed by atoms with E-state index in [-0.39, 0.29) is 10.3 Å². The largest absolute Gasteiger partial charge is 0.379 e. The zero-order chi connectivity index (χ0) is 22.2. The molecule has 2 aliphatic rings. The molecule has 1 saturated heterocycles. The van der Waals surface area contributed by atoms with Crippen LogP contribution in [0.2, 0.25) is 5.02 Å². The van der Waals surface area contributed by atoms with E-state index in [1.807, 2.05) is 25.3 Å². The van der Waals surface area contributed by atoms with Gasteiger partial charge in [0.15, 0.2) is 0 Å². The van der Waals surface area contributed by atoms with Crippen LogP contribution in [0.3, 0.4) is 0 Å². The highest BCUT2D eigenvalue weighted by atomic mass is 35.5. The van der Waals surface area contributed by atoms with Gasteiger partial charge in [0.05, 0.1) is 28.8 Å². The van der Waals surface area contributed by atoms with Gasteiger partial charge in [0.1, 0.15) is 0 Å². The lowest BCUT2D eigenvalue weighted by molar-refractivity contribution is 0.0730. The molecule has 0 N–H and O–H groups in total. The van der Waals surface area contributed by atoms with Crippen LogP contribution in [0.15, 0.2) is 64.1 Å². The summed E-state index contributed by atoms with van der Waals surface area (Å²) < 4.78 is 32.6. The van der Waals surface area contributed by atoms with Crippen LogP contribution >= 0.6 is 11.6 Å². The molecule has 164 valence electrons. The first-order chi connectivity index (χ1) is 14.7. The Kier molecular flexibility index (Phi) is 5.96. The molecule has 0 amide bonds. The molecule has 2 aromatic carbocycles. The van der Waals surface area contributed by atoms with Gasteiger partial charge in [0, 0.05) is 43.2 Å². The summed E-state index contributed by atoms with van der Waals surface area (Å²) in [6.45, 7) is 5.85. The van der Waals surface area contributed by atoms with Gasteiger partial charge in [0.2, 0.25) is 10.0 Å². The fourth-order valence-corrected chi connectivity index (χ4v) is 5.77. The summed E-state index contributed by atoms with van der Waals surface area (Å²) in [5, 5.41) is 0.401. The number of ether oxygens (including phenoxy) is 1. The summed E-state index contributed by atoms with van der Waals surface area (Å²) in [5.74, 6) is 0. The SMILES string of the molecule is CN1C(=CC=Nc2cc(S(=O)(=O)N3CCOCC3)ccc2Cl)C(C)(C)c2ccccc21. The lowest BCUT2D eigenvalue weighted by Gasteiger charge is -2.26. The fourth-order valence-electron chi connectivity index (χ4n) is 4.18. The molecule has 2 heterocycles. The van der Waals surface area contributed by atoms with Crippen molar-refractivity contribution in [2.75, 3.05) is 38.3 Å². The van der Waals surface area contributed by atoms with Gasteiger partial charge in [-0.2, -0.15) is 4.31 Å². The highest BCUT2D eigenvalue weighted by molar-refractivity contribution is 7.89. The van der Waals surface area contributed by atoms with Gasteiger partial charge >= 0.3 is 0 Å². The second-order valence-corrected chi connectivity index (χ2v) is 10.5. The molecule has 8 heteroatoms. The average molecular weight is 460 g/mol. The number of para-hydroxylation sites is 1. The van der Waals surface area contributed by atoms with Gasteiger partial charge in [-0.1, -0.05) is 43.6 Å². The van der Waals surface area contributed by atoms with Gasteiger partial charge in [-0.15, -0.1) is 0 Å². The maximum Gasteiger partial charge on any atom is 0.243 e. The van der Waals surface area contributed by atoms with E-state index in [4.69, 9.17) is 16.3 Å². The Morgan fingerprint density at radius 1 is 1.13 bits per heavy atom. The van der Waals surface area contributed by atoms with Crippen molar-refractivity contribution >= 4 is 39.2 Å². The van der Waals surface area contributed by atoms with Crippen LogP contribution in [-0.4, -0.2) is 52.3 Å². The summed E-state index contributed by atoms with van der Waals surface area (Å²) in [5.41, 5.74) is 3.79. The number of nitrogens with zero attached hydrogens (tertiary/aromatic N) is 3. The fraction of sp³-hybridized carbons (Fsp3) is 0.348. The minimum atomic E-state index is -3.61.